The fourth-order valence-electron chi connectivity index (χ4n) is 2.84. The summed E-state index contributed by atoms with van der Waals surface area (Å²) in [6.45, 7) is 7.29. The number of rotatable bonds is 4. The lowest BCUT2D eigenvalue weighted by molar-refractivity contribution is -0.139. The third kappa shape index (κ3) is 3.30. The number of thioether (sulfide) groups is 1. The minimum Gasteiger partial charge on any atom is -0.458 e. The first-order valence-electron chi connectivity index (χ1n) is 7.76. The molecule has 3 rings (SSSR count). The van der Waals surface area contributed by atoms with Crippen LogP contribution in [-0.2, 0) is 14.3 Å². The van der Waals surface area contributed by atoms with Crippen LogP contribution in [0.1, 0.15) is 25.5 Å². The molecule has 2 heterocycles. The van der Waals surface area contributed by atoms with Gasteiger partial charge in [-0.25, -0.2) is 9.79 Å². The molecule has 1 amide bonds. The SMILES string of the molecule is C=CCOC(=O)C1=C(C)N=C2S[C@H](C)C(=O)N2[C@H]1c1ccc(Br)cc1. The molecule has 7 heteroatoms. The van der Waals surface area contributed by atoms with E-state index in [4.69, 9.17) is 4.74 Å². The third-order valence-electron chi connectivity index (χ3n) is 4.00. The molecule has 2 aliphatic rings. The quantitative estimate of drug-likeness (QED) is 0.548. The first-order valence-corrected chi connectivity index (χ1v) is 9.44. The zero-order valence-corrected chi connectivity index (χ0v) is 16.3. The number of amidine groups is 1. The lowest BCUT2D eigenvalue weighted by atomic mass is 9.94. The number of hydrogen-bond acceptors (Lipinski definition) is 5. The van der Waals surface area contributed by atoms with Crippen LogP contribution in [0.2, 0.25) is 0 Å². The van der Waals surface area contributed by atoms with E-state index in [0.29, 0.717) is 16.4 Å². The molecule has 0 N–H and O–H groups in total. The molecule has 1 aromatic carbocycles. The Kier molecular flexibility index (Phi) is 5.15. The van der Waals surface area contributed by atoms with Crippen molar-refractivity contribution in [1.82, 2.24) is 4.90 Å². The number of aliphatic imine (C=N–C) groups is 1. The normalized spacial score (nSPS) is 22.6. The van der Waals surface area contributed by atoms with Crippen LogP contribution in [0.5, 0.6) is 0 Å². The number of carbonyl (C=O) groups is 2. The summed E-state index contributed by atoms with van der Waals surface area (Å²) in [7, 11) is 0. The molecule has 1 saturated heterocycles. The summed E-state index contributed by atoms with van der Waals surface area (Å²) < 4.78 is 6.17. The number of hydrogen-bond donors (Lipinski definition) is 0. The standard InChI is InChI=1S/C18H17BrN2O3S/c1-4-9-24-17(23)14-10(2)20-18-21(16(22)11(3)25-18)15(14)12-5-7-13(19)8-6-12/h4-8,11,15H,1,9H2,2-3H3/t11-,15+/m1/s1. The number of esters is 1. The van der Waals surface area contributed by atoms with Crippen LogP contribution in [-0.4, -0.2) is 33.8 Å². The summed E-state index contributed by atoms with van der Waals surface area (Å²) in [5, 5.41) is 0.399. The minimum absolute atomic E-state index is 0.0572. The molecule has 5 nitrogen and oxygen atoms in total. The minimum atomic E-state index is -0.539. The highest BCUT2D eigenvalue weighted by Gasteiger charge is 2.46. The van der Waals surface area contributed by atoms with Crippen LogP contribution in [0.15, 0.2) is 57.7 Å². The summed E-state index contributed by atoms with van der Waals surface area (Å²) in [5.41, 5.74) is 1.79. The zero-order valence-electron chi connectivity index (χ0n) is 13.9. The van der Waals surface area contributed by atoms with E-state index < -0.39 is 12.0 Å². The molecule has 0 unspecified atom stereocenters. The maximum absolute atomic E-state index is 12.7. The second-order valence-corrected chi connectivity index (χ2v) is 7.93. The Bertz CT molecular complexity index is 801. The zero-order chi connectivity index (χ0) is 18.1. The van der Waals surface area contributed by atoms with Crippen molar-refractivity contribution in [3.63, 3.8) is 0 Å². The van der Waals surface area contributed by atoms with Gasteiger partial charge in [-0.15, -0.1) is 0 Å². The largest absolute Gasteiger partial charge is 0.458 e. The lowest BCUT2D eigenvalue weighted by Gasteiger charge is -2.33. The second-order valence-electron chi connectivity index (χ2n) is 5.70. The molecule has 0 bridgehead atoms. The van der Waals surface area contributed by atoms with Gasteiger partial charge in [0.2, 0.25) is 5.91 Å². The molecular weight excluding hydrogens is 404 g/mol. The van der Waals surface area contributed by atoms with Crippen LogP contribution >= 0.6 is 27.7 Å². The third-order valence-corrected chi connectivity index (χ3v) is 5.58. The second kappa shape index (κ2) is 7.17. The van der Waals surface area contributed by atoms with E-state index in [1.165, 1.54) is 17.8 Å². The monoisotopic (exact) mass is 420 g/mol. The van der Waals surface area contributed by atoms with Gasteiger partial charge >= 0.3 is 5.97 Å². The first-order chi connectivity index (χ1) is 11.9. The van der Waals surface area contributed by atoms with Gasteiger partial charge < -0.3 is 4.74 Å². The van der Waals surface area contributed by atoms with Gasteiger partial charge in [0.25, 0.3) is 0 Å². The Morgan fingerprint density at radius 2 is 2.12 bits per heavy atom. The fraction of sp³-hybridized carbons (Fsp3) is 0.278. The summed E-state index contributed by atoms with van der Waals surface area (Å²) in [6.07, 6.45) is 1.51. The van der Waals surface area contributed by atoms with Gasteiger partial charge in [0.05, 0.1) is 22.6 Å². The van der Waals surface area contributed by atoms with E-state index >= 15 is 0 Å². The van der Waals surface area contributed by atoms with E-state index in [2.05, 4.69) is 27.5 Å². The van der Waals surface area contributed by atoms with Crippen molar-refractivity contribution in [3.8, 4) is 0 Å². The maximum Gasteiger partial charge on any atom is 0.338 e. The Morgan fingerprint density at radius 3 is 2.76 bits per heavy atom. The molecule has 0 aliphatic carbocycles. The molecule has 130 valence electrons. The Morgan fingerprint density at radius 1 is 1.44 bits per heavy atom. The molecule has 0 radical (unpaired) electrons. The first kappa shape index (κ1) is 17.9. The van der Waals surface area contributed by atoms with Gasteiger partial charge in [0, 0.05) is 4.47 Å². The molecule has 0 aromatic heterocycles. The summed E-state index contributed by atoms with van der Waals surface area (Å²) in [6, 6.07) is 7.03. The van der Waals surface area contributed by atoms with Gasteiger partial charge in [0.1, 0.15) is 6.61 Å². The molecule has 0 saturated carbocycles. The van der Waals surface area contributed by atoms with Gasteiger partial charge in [0.15, 0.2) is 5.17 Å². The van der Waals surface area contributed by atoms with Crippen LogP contribution in [0.4, 0.5) is 0 Å². The van der Waals surface area contributed by atoms with E-state index in [-0.39, 0.29) is 17.8 Å². The highest BCUT2D eigenvalue weighted by molar-refractivity contribution is 9.10. The number of allylic oxidation sites excluding steroid dienone is 1. The van der Waals surface area contributed by atoms with Gasteiger partial charge in [-0.2, -0.15) is 0 Å². The van der Waals surface area contributed by atoms with Crippen molar-refractivity contribution < 1.29 is 14.3 Å². The van der Waals surface area contributed by atoms with Crippen LogP contribution < -0.4 is 0 Å². The molecule has 1 aromatic rings. The average molecular weight is 421 g/mol. The summed E-state index contributed by atoms with van der Waals surface area (Å²) in [4.78, 5) is 31.4. The predicted octanol–water partition coefficient (Wildman–Crippen LogP) is 3.83. The van der Waals surface area contributed by atoms with Crippen molar-refractivity contribution in [1.29, 1.82) is 0 Å². The van der Waals surface area contributed by atoms with Crippen LogP contribution in [0.25, 0.3) is 0 Å². The highest BCUT2D eigenvalue weighted by atomic mass is 79.9. The number of benzene rings is 1. The maximum atomic E-state index is 12.7. The van der Waals surface area contributed by atoms with Crippen molar-refractivity contribution in [2.75, 3.05) is 6.61 Å². The van der Waals surface area contributed by atoms with E-state index in [0.717, 1.165) is 10.0 Å². The molecule has 1 fully saturated rings. The summed E-state index contributed by atoms with van der Waals surface area (Å²) >= 11 is 4.82. The number of halogens is 1. The Labute approximate surface area is 159 Å². The van der Waals surface area contributed by atoms with E-state index in [1.807, 2.05) is 31.2 Å². The van der Waals surface area contributed by atoms with Gasteiger partial charge in [-0.05, 0) is 31.5 Å². The van der Waals surface area contributed by atoms with E-state index in [9.17, 15) is 9.59 Å². The highest BCUT2D eigenvalue weighted by Crippen LogP contribution is 2.43. The molecule has 25 heavy (non-hydrogen) atoms. The Balaban J connectivity index is 2.11. The number of amides is 1. The van der Waals surface area contributed by atoms with Crippen molar-refractivity contribution in [2.24, 2.45) is 4.99 Å². The molecule has 2 atom stereocenters. The molecule has 0 spiro atoms. The van der Waals surface area contributed by atoms with Gasteiger partial charge in [-0.3, -0.25) is 9.69 Å². The number of carbonyl (C=O) groups excluding carboxylic acids is 2. The molecular formula is C18H17BrN2O3S. The Hall–Kier alpha value is -1.86. The predicted molar refractivity (Wildman–Crippen MR) is 102 cm³/mol. The lowest BCUT2D eigenvalue weighted by Crippen LogP contribution is -2.40. The number of ether oxygens (including phenoxy) is 1. The summed E-state index contributed by atoms with van der Waals surface area (Å²) in [5.74, 6) is -0.538. The molecule has 2 aliphatic heterocycles. The number of nitrogens with zero attached hydrogens (tertiary/aromatic N) is 2. The van der Waals surface area contributed by atoms with E-state index in [1.54, 1.807) is 11.8 Å². The number of fused-ring (bicyclic) bond motifs is 1. The van der Waals surface area contributed by atoms with Gasteiger partial charge in [-0.1, -0.05) is 52.5 Å². The van der Waals surface area contributed by atoms with Crippen LogP contribution in [0, 0.1) is 0 Å². The average Bonchev–Trinajstić information content (AvgIpc) is 2.86. The fourth-order valence-corrected chi connectivity index (χ4v) is 4.13. The van der Waals surface area contributed by atoms with Crippen molar-refractivity contribution >= 4 is 44.7 Å². The topological polar surface area (TPSA) is 59.0 Å². The van der Waals surface area contributed by atoms with Crippen molar-refractivity contribution in [2.45, 2.75) is 25.1 Å². The smallest absolute Gasteiger partial charge is 0.338 e. The van der Waals surface area contributed by atoms with Crippen molar-refractivity contribution in [3.05, 3.63) is 58.2 Å². The van der Waals surface area contributed by atoms with Crippen LogP contribution in [0.3, 0.4) is 0 Å².